The number of nitrogens with one attached hydrogen (secondary N) is 1. The van der Waals surface area contributed by atoms with Crippen LogP contribution in [0.15, 0.2) is 48.5 Å². The fourth-order valence-electron chi connectivity index (χ4n) is 3.65. The lowest BCUT2D eigenvalue weighted by Gasteiger charge is -2.30. The fraction of sp³-hybridized carbons (Fsp3) is 0.567. The Morgan fingerprint density at radius 1 is 0.971 bits per heavy atom. The van der Waals surface area contributed by atoms with Crippen LogP contribution in [-0.2, 0) is 4.79 Å². The van der Waals surface area contributed by atoms with Crippen molar-refractivity contribution in [3.05, 3.63) is 64.7 Å². The van der Waals surface area contributed by atoms with Crippen molar-refractivity contribution in [1.29, 1.82) is 0 Å². The van der Waals surface area contributed by atoms with Crippen molar-refractivity contribution in [2.24, 2.45) is 0 Å². The summed E-state index contributed by atoms with van der Waals surface area (Å²) in [6.45, 7) is 15.3. The first-order valence-electron chi connectivity index (χ1n) is 13.3. The summed E-state index contributed by atoms with van der Waals surface area (Å²) in [6, 6.07) is 17.6. The number of aryl methyl sites for hydroxylation is 2. The number of hydrogen-bond acceptors (Lipinski definition) is 3. The van der Waals surface area contributed by atoms with Crippen molar-refractivity contribution in [2.45, 2.75) is 92.2 Å². The predicted octanol–water partition coefficient (Wildman–Crippen LogP) is 7.60. The van der Waals surface area contributed by atoms with E-state index in [1.54, 1.807) is 0 Å². The monoisotopic (exact) mass is 502 g/mol. The Morgan fingerprint density at radius 2 is 1.51 bits per heavy atom. The molecule has 0 saturated heterocycles. The van der Waals surface area contributed by atoms with E-state index < -0.39 is 0 Å². The molecule has 0 heterocycles. The number of nitrogens with zero attached hydrogens (tertiary/aromatic N) is 1. The van der Waals surface area contributed by atoms with Gasteiger partial charge in [0.15, 0.2) is 0 Å². The second-order valence-electron chi connectivity index (χ2n) is 9.10. The summed E-state index contributed by atoms with van der Waals surface area (Å²) in [5.74, 6) is 1.14. The van der Waals surface area contributed by atoms with Crippen molar-refractivity contribution in [2.75, 3.05) is 19.7 Å². The van der Waals surface area contributed by atoms with Gasteiger partial charge in [0.25, 0.3) is 0 Å². The Bertz CT molecular complexity index is 779. The number of carbonyl (C=O) groups is 1. The van der Waals surface area contributed by atoms with Gasteiger partial charge >= 0.3 is 0 Å². The van der Waals surface area contributed by atoms with Crippen molar-refractivity contribution in [3.63, 3.8) is 0 Å². The maximum Gasteiger partial charge on any atom is 0.219 e. The average molecular weight is 503 g/mol. The molecule has 1 fully saturated rings. The van der Waals surface area contributed by atoms with Crippen LogP contribution in [0.5, 0.6) is 5.75 Å². The lowest BCUT2D eigenvalue weighted by molar-refractivity contribution is -0.120. The van der Waals surface area contributed by atoms with Crippen LogP contribution in [0.25, 0.3) is 0 Å². The van der Waals surface area contributed by atoms with E-state index in [4.69, 9.17) is 16.3 Å². The van der Waals surface area contributed by atoms with Gasteiger partial charge in [-0.1, -0.05) is 74.7 Å². The third-order valence-corrected chi connectivity index (χ3v) is 6.22. The number of rotatable bonds is 11. The quantitative estimate of drug-likeness (QED) is 0.344. The molecule has 2 aromatic rings. The van der Waals surface area contributed by atoms with Crippen molar-refractivity contribution < 1.29 is 9.53 Å². The molecular formula is C30H47ClN2O2. The Kier molecular flexibility index (Phi) is 16.2. The first kappa shape index (κ1) is 31.0. The third kappa shape index (κ3) is 14.2. The zero-order valence-electron chi connectivity index (χ0n) is 22.8. The molecule has 1 aliphatic carbocycles. The molecule has 4 nitrogen and oxygen atoms in total. The average Bonchev–Trinajstić information content (AvgIpc) is 3.71. The van der Waals surface area contributed by atoms with Crippen molar-refractivity contribution in [3.8, 4) is 5.75 Å². The molecule has 1 N–H and O–H groups in total. The SMILES string of the molecule is CCC(CC)N(CCOc1ccc(C)cc1)C1CC1.CCCNC(=O)CC.Cc1ccc(Cl)cc1. The summed E-state index contributed by atoms with van der Waals surface area (Å²) < 4.78 is 5.87. The standard InChI is InChI=1S/C17H27NO.C7H7Cl.C6H13NO/c1-4-15(5-2)18(16-8-9-16)12-13-19-17-10-6-14(3)7-11-17;1-6-2-4-7(8)5-3-6;1-3-5-7-6(8)4-2/h6-7,10-11,15-16H,4-5,8-9,12-13H2,1-3H3;2-5H,1H3;3-5H2,1-2H3,(H,7,8). The molecule has 0 unspecified atom stereocenters. The molecular weight excluding hydrogens is 456 g/mol. The van der Waals surface area contributed by atoms with Gasteiger partial charge in [0.05, 0.1) is 0 Å². The molecule has 1 saturated carbocycles. The zero-order chi connectivity index (χ0) is 26.1. The van der Waals surface area contributed by atoms with Gasteiger partial charge in [-0.2, -0.15) is 0 Å². The van der Waals surface area contributed by atoms with Crippen LogP contribution in [0.1, 0.15) is 77.3 Å². The van der Waals surface area contributed by atoms with E-state index in [0.29, 0.717) is 6.42 Å². The van der Waals surface area contributed by atoms with Crippen LogP contribution in [0.3, 0.4) is 0 Å². The Labute approximate surface area is 219 Å². The van der Waals surface area contributed by atoms with Gasteiger partial charge in [-0.25, -0.2) is 0 Å². The van der Waals surface area contributed by atoms with Crippen LogP contribution in [0.2, 0.25) is 5.02 Å². The number of benzene rings is 2. The van der Waals surface area contributed by atoms with Gasteiger partial charge in [-0.15, -0.1) is 0 Å². The zero-order valence-corrected chi connectivity index (χ0v) is 23.5. The second-order valence-corrected chi connectivity index (χ2v) is 9.54. The van der Waals surface area contributed by atoms with Crippen LogP contribution >= 0.6 is 11.6 Å². The van der Waals surface area contributed by atoms with E-state index in [0.717, 1.165) is 49.0 Å². The number of carbonyl (C=O) groups excluding carboxylic acids is 1. The molecule has 1 amide bonds. The smallest absolute Gasteiger partial charge is 0.219 e. The maximum atomic E-state index is 10.5. The predicted molar refractivity (Wildman–Crippen MR) is 151 cm³/mol. The summed E-state index contributed by atoms with van der Waals surface area (Å²) in [6.07, 6.45) is 6.86. The number of hydrogen-bond donors (Lipinski definition) is 1. The van der Waals surface area contributed by atoms with Crippen LogP contribution in [0.4, 0.5) is 0 Å². The molecule has 0 radical (unpaired) electrons. The molecule has 5 heteroatoms. The molecule has 2 aromatic carbocycles. The Hall–Kier alpha value is -2.04. The van der Waals surface area contributed by atoms with Crippen LogP contribution in [0, 0.1) is 13.8 Å². The highest BCUT2D eigenvalue weighted by Gasteiger charge is 2.32. The molecule has 1 aliphatic rings. The number of halogens is 1. The third-order valence-electron chi connectivity index (χ3n) is 5.97. The molecule has 3 rings (SSSR count). The van der Waals surface area contributed by atoms with Gasteiger partial charge in [0.2, 0.25) is 5.91 Å². The minimum absolute atomic E-state index is 0.145. The van der Waals surface area contributed by atoms with E-state index >= 15 is 0 Å². The van der Waals surface area contributed by atoms with Gasteiger partial charge in [-0.05, 0) is 70.2 Å². The van der Waals surface area contributed by atoms with E-state index in [1.807, 2.05) is 45.0 Å². The van der Waals surface area contributed by atoms with Gasteiger partial charge in [0.1, 0.15) is 12.4 Å². The summed E-state index contributed by atoms with van der Waals surface area (Å²) in [5.41, 5.74) is 2.53. The number of ether oxygens (including phenoxy) is 1. The summed E-state index contributed by atoms with van der Waals surface area (Å²) in [4.78, 5) is 13.1. The maximum absolute atomic E-state index is 10.5. The Morgan fingerprint density at radius 3 is 1.94 bits per heavy atom. The van der Waals surface area contributed by atoms with E-state index in [2.05, 4.69) is 55.3 Å². The minimum atomic E-state index is 0.145. The lowest BCUT2D eigenvalue weighted by Crippen LogP contribution is -2.39. The molecule has 35 heavy (non-hydrogen) atoms. The van der Waals surface area contributed by atoms with Crippen molar-refractivity contribution >= 4 is 17.5 Å². The highest BCUT2D eigenvalue weighted by Crippen LogP contribution is 2.30. The molecule has 196 valence electrons. The Balaban J connectivity index is 0.000000316. The van der Waals surface area contributed by atoms with Gasteiger partial charge in [0, 0.05) is 36.6 Å². The van der Waals surface area contributed by atoms with Crippen molar-refractivity contribution in [1.82, 2.24) is 10.2 Å². The topological polar surface area (TPSA) is 41.6 Å². The molecule has 0 aliphatic heterocycles. The van der Waals surface area contributed by atoms with Gasteiger partial charge in [-0.3, -0.25) is 9.69 Å². The largest absolute Gasteiger partial charge is 0.492 e. The summed E-state index contributed by atoms with van der Waals surface area (Å²) >= 11 is 5.61. The molecule has 0 atom stereocenters. The first-order valence-corrected chi connectivity index (χ1v) is 13.7. The molecule has 0 bridgehead atoms. The fourth-order valence-corrected chi connectivity index (χ4v) is 3.78. The van der Waals surface area contributed by atoms with Gasteiger partial charge < -0.3 is 10.1 Å². The lowest BCUT2D eigenvalue weighted by atomic mass is 10.1. The highest BCUT2D eigenvalue weighted by atomic mass is 35.5. The molecule has 0 aromatic heterocycles. The minimum Gasteiger partial charge on any atom is -0.492 e. The van der Waals surface area contributed by atoms with E-state index in [1.165, 1.54) is 36.8 Å². The molecule has 0 spiro atoms. The summed E-state index contributed by atoms with van der Waals surface area (Å²) in [7, 11) is 0. The van der Waals surface area contributed by atoms with Crippen LogP contribution < -0.4 is 10.1 Å². The second kappa shape index (κ2) is 18.3. The van der Waals surface area contributed by atoms with E-state index in [-0.39, 0.29) is 5.91 Å². The normalized spacial score (nSPS) is 12.4. The van der Waals surface area contributed by atoms with E-state index in [9.17, 15) is 4.79 Å². The first-order chi connectivity index (χ1) is 16.8. The summed E-state index contributed by atoms with van der Waals surface area (Å²) in [5, 5.41) is 3.54. The highest BCUT2D eigenvalue weighted by molar-refractivity contribution is 6.30. The van der Waals surface area contributed by atoms with Crippen LogP contribution in [-0.4, -0.2) is 42.6 Å². The number of amides is 1.